The van der Waals surface area contributed by atoms with Gasteiger partial charge in [0, 0.05) is 33.5 Å². The fourth-order valence-electron chi connectivity index (χ4n) is 7.14. The maximum Gasteiger partial charge on any atom is 0.0541 e. The van der Waals surface area contributed by atoms with Gasteiger partial charge in [-0.15, -0.1) is 0 Å². The Labute approximate surface area is 292 Å². The van der Waals surface area contributed by atoms with Crippen molar-refractivity contribution in [1.29, 1.82) is 0 Å². The van der Waals surface area contributed by atoms with Gasteiger partial charge in [0.05, 0.1) is 11.0 Å². The summed E-state index contributed by atoms with van der Waals surface area (Å²) in [6.45, 7) is 0. The third-order valence-electron chi connectivity index (χ3n) is 9.61. The van der Waals surface area contributed by atoms with Crippen LogP contribution in [-0.4, -0.2) is 4.57 Å². The number of aromatic nitrogens is 1. The predicted molar refractivity (Wildman–Crippen MR) is 212 cm³/mol. The summed E-state index contributed by atoms with van der Waals surface area (Å²) in [7, 11) is 0. The molecule has 0 spiro atoms. The average molecular weight is 639 g/mol. The number of nitrogens with zero attached hydrogens (tertiary/aromatic N) is 2. The number of benzene rings is 8. The molecule has 9 rings (SSSR count). The van der Waals surface area contributed by atoms with Crippen molar-refractivity contribution in [3.8, 4) is 39.1 Å². The molecule has 1 aromatic heterocycles. The van der Waals surface area contributed by atoms with E-state index in [-0.39, 0.29) is 0 Å². The van der Waals surface area contributed by atoms with Gasteiger partial charge in [0.2, 0.25) is 0 Å². The second-order valence-corrected chi connectivity index (χ2v) is 12.6. The molecule has 9 aromatic rings. The fraction of sp³-hybridized carbons (Fsp3) is 0. The minimum absolute atomic E-state index is 1.11. The van der Waals surface area contributed by atoms with Crippen molar-refractivity contribution in [2.45, 2.75) is 0 Å². The molecule has 0 atom stereocenters. The topological polar surface area (TPSA) is 8.17 Å². The van der Waals surface area contributed by atoms with Crippen LogP contribution in [-0.2, 0) is 0 Å². The molecule has 0 aliphatic rings. The Bertz CT molecular complexity index is 2490. The Morgan fingerprint density at radius 2 is 0.680 bits per heavy atom. The maximum absolute atomic E-state index is 2.36. The minimum Gasteiger partial charge on any atom is -0.310 e. The zero-order valence-electron chi connectivity index (χ0n) is 27.5. The largest absolute Gasteiger partial charge is 0.310 e. The van der Waals surface area contributed by atoms with E-state index in [0.717, 1.165) is 22.7 Å². The summed E-state index contributed by atoms with van der Waals surface area (Å²) in [5.74, 6) is 0. The van der Waals surface area contributed by atoms with Gasteiger partial charge >= 0.3 is 0 Å². The molecule has 8 aromatic carbocycles. The Morgan fingerprint density at radius 3 is 1.28 bits per heavy atom. The third kappa shape index (κ3) is 5.43. The summed E-state index contributed by atoms with van der Waals surface area (Å²) < 4.78 is 2.36. The minimum atomic E-state index is 1.11. The van der Waals surface area contributed by atoms with Gasteiger partial charge in [0.25, 0.3) is 0 Å². The monoisotopic (exact) mass is 638 g/mol. The first-order valence-corrected chi connectivity index (χ1v) is 17.1. The van der Waals surface area contributed by atoms with Crippen LogP contribution in [0.1, 0.15) is 0 Å². The molecule has 1 heterocycles. The molecular weight excluding hydrogens is 605 g/mol. The Kier molecular flexibility index (Phi) is 7.53. The molecular formula is C48H34N2. The van der Waals surface area contributed by atoms with Crippen molar-refractivity contribution in [1.82, 2.24) is 4.57 Å². The second-order valence-electron chi connectivity index (χ2n) is 12.6. The van der Waals surface area contributed by atoms with Crippen molar-refractivity contribution in [3.05, 3.63) is 206 Å². The van der Waals surface area contributed by atoms with Crippen LogP contribution in [0.3, 0.4) is 0 Å². The van der Waals surface area contributed by atoms with Crippen molar-refractivity contribution in [3.63, 3.8) is 0 Å². The molecule has 0 radical (unpaired) electrons. The van der Waals surface area contributed by atoms with Crippen molar-refractivity contribution in [2.24, 2.45) is 0 Å². The van der Waals surface area contributed by atoms with Gasteiger partial charge < -0.3 is 9.47 Å². The predicted octanol–water partition coefficient (Wildman–Crippen LogP) is 13.3. The van der Waals surface area contributed by atoms with Gasteiger partial charge in [-0.3, -0.25) is 0 Å². The smallest absolute Gasteiger partial charge is 0.0541 e. The molecule has 0 amide bonds. The molecule has 0 bridgehead atoms. The zero-order valence-corrected chi connectivity index (χ0v) is 27.5. The lowest BCUT2D eigenvalue weighted by molar-refractivity contribution is 1.18. The number of anilines is 3. The van der Waals surface area contributed by atoms with Crippen LogP contribution in [0.2, 0.25) is 0 Å². The number of para-hydroxylation sites is 3. The Morgan fingerprint density at radius 1 is 0.280 bits per heavy atom. The van der Waals surface area contributed by atoms with Crippen LogP contribution in [0, 0.1) is 0 Å². The van der Waals surface area contributed by atoms with Crippen LogP contribution in [0.5, 0.6) is 0 Å². The molecule has 0 N–H and O–H groups in total. The van der Waals surface area contributed by atoms with Gasteiger partial charge in [-0.05, 0) is 94.0 Å². The first-order chi connectivity index (χ1) is 24.8. The van der Waals surface area contributed by atoms with Gasteiger partial charge in [0.15, 0.2) is 0 Å². The highest BCUT2D eigenvalue weighted by Gasteiger charge is 2.15. The second kappa shape index (κ2) is 12.8. The van der Waals surface area contributed by atoms with E-state index in [1.54, 1.807) is 0 Å². The molecule has 0 saturated carbocycles. The lowest BCUT2D eigenvalue weighted by Gasteiger charge is -2.26. The van der Waals surface area contributed by atoms with Crippen molar-refractivity contribution < 1.29 is 0 Å². The van der Waals surface area contributed by atoms with E-state index in [0.29, 0.717) is 0 Å². The summed E-state index contributed by atoms with van der Waals surface area (Å²) in [6, 6.07) is 73.9. The maximum atomic E-state index is 2.36. The molecule has 0 fully saturated rings. The van der Waals surface area contributed by atoms with Crippen LogP contribution < -0.4 is 4.90 Å². The quantitative estimate of drug-likeness (QED) is 0.169. The van der Waals surface area contributed by atoms with E-state index in [1.165, 1.54) is 55.2 Å². The summed E-state index contributed by atoms with van der Waals surface area (Å²) in [6.07, 6.45) is 0. The number of hydrogen-bond acceptors (Lipinski definition) is 1. The van der Waals surface area contributed by atoms with E-state index in [1.807, 2.05) is 0 Å². The van der Waals surface area contributed by atoms with Crippen molar-refractivity contribution >= 4 is 38.9 Å². The van der Waals surface area contributed by atoms with E-state index in [9.17, 15) is 0 Å². The number of fused-ring (bicyclic) bond motifs is 3. The highest BCUT2D eigenvalue weighted by atomic mass is 15.1. The molecule has 2 nitrogen and oxygen atoms in total. The lowest BCUT2D eigenvalue weighted by atomic mass is 9.99. The third-order valence-corrected chi connectivity index (χ3v) is 9.61. The van der Waals surface area contributed by atoms with E-state index in [4.69, 9.17) is 0 Å². The molecule has 50 heavy (non-hydrogen) atoms. The van der Waals surface area contributed by atoms with Gasteiger partial charge in [-0.25, -0.2) is 0 Å². The highest BCUT2D eigenvalue weighted by molar-refractivity contribution is 6.09. The summed E-state index contributed by atoms with van der Waals surface area (Å²) >= 11 is 0. The number of rotatable bonds is 7. The van der Waals surface area contributed by atoms with Crippen LogP contribution in [0.15, 0.2) is 206 Å². The van der Waals surface area contributed by atoms with E-state index in [2.05, 4.69) is 216 Å². The van der Waals surface area contributed by atoms with Crippen LogP contribution in [0.4, 0.5) is 17.1 Å². The normalized spacial score (nSPS) is 11.2. The first kappa shape index (κ1) is 29.5. The van der Waals surface area contributed by atoms with Gasteiger partial charge in [-0.1, -0.05) is 146 Å². The zero-order chi connectivity index (χ0) is 33.3. The fourth-order valence-corrected chi connectivity index (χ4v) is 7.14. The first-order valence-electron chi connectivity index (χ1n) is 17.1. The lowest BCUT2D eigenvalue weighted by Crippen LogP contribution is -2.09. The SMILES string of the molecule is c1ccc(-c2ccc(-c3cccc(N(c4ccccc4)c4ccc(-c5ccc(-n6c7ccccc7c7ccccc76)cc5)cc4)c3)cc2)cc1. The van der Waals surface area contributed by atoms with Gasteiger partial charge in [0.1, 0.15) is 0 Å². The number of hydrogen-bond donors (Lipinski definition) is 0. The molecule has 0 aliphatic carbocycles. The standard InChI is InChI=1S/C48H34N2/c1-3-12-35(13-4-1)36-22-24-39(25-23-36)40-14-11-17-44(34-40)49(41-15-5-2-6-16-41)42-30-26-37(27-31-42)38-28-32-43(33-29-38)50-47-20-9-7-18-45(47)46-19-8-10-21-48(46)50/h1-34H. The molecule has 0 saturated heterocycles. The highest BCUT2D eigenvalue weighted by Crippen LogP contribution is 2.38. The van der Waals surface area contributed by atoms with Crippen LogP contribution in [0.25, 0.3) is 60.9 Å². The van der Waals surface area contributed by atoms with Gasteiger partial charge in [-0.2, -0.15) is 0 Å². The average Bonchev–Trinajstić information content (AvgIpc) is 3.54. The van der Waals surface area contributed by atoms with Crippen molar-refractivity contribution in [2.75, 3.05) is 4.90 Å². The summed E-state index contributed by atoms with van der Waals surface area (Å²) in [5.41, 5.74) is 14.1. The Hall–Kier alpha value is -6.64. The molecule has 0 aliphatic heterocycles. The van der Waals surface area contributed by atoms with E-state index < -0.39 is 0 Å². The summed E-state index contributed by atoms with van der Waals surface area (Å²) in [5, 5.41) is 2.55. The summed E-state index contributed by atoms with van der Waals surface area (Å²) in [4.78, 5) is 2.33. The molecule has 2 heteroatoms. The molecule has 236 valence electrons. The van der Waals surface area contributed by atoms with Crippen LogP contribution >= 0.6 is 0 Å². The Balaban J connectivity index is 1.03. The molecule has 0 unspecified atom stereocenters. The van der Waals surface area contributed by atoms with E-state index >= 15 is 0 Å².